The van der Waals surface area contributed by atoms with Gasteiger partial charge in [0.05, 0.1) is 16.8 Å². The van der Waals surface area contributed by atoms with Gasteiger partial charge >= 0.3 is 0 Å². The van der Waals surface area contributed by atoms with Crippen LogP contribution in [0, 0.1) is 12.7 Å². The summed E-state index contributed by atoms with van der Waals surface area (Å²) in [6.45, 7) is 2.00. The number of benzene rings is 2. The topological polar surface area (TPSA) is 68.0 Å². The fourth-order valence-electron chi connectivity index (χ4n) is 2.89. The average Bonchev–Trinajstić information content (AvgIpc) is 2.98. The fraction of sp³-hybridized carbons (Fsp3) is 0.0526. The third-order valence-electron chi connectivity index (χ3n) is 4.01. The minimum Gasteiger partial charge on any atom is -0.366 e. The molecular formula is C19H14FN3OS. The molecule has 1 amide bonds. The molecule has 0 saturated carbocycles. The number of hydrogen-bond donors (Lipinski definition) is 2. The van der Waals surface area contributed by atoms with Crippen molar-refractivity contribution in [2.45, 2.75) is 6.92 Å². The van der Waals surface area contributed by atoms with Gasteiger partial charge in [-0.2, -0.15) is 0 Å². The number of rotatable bonds is 3. The Kier molecular flexibility index (Phi) is 3.62. The fourth-order valence-corrected chi connectivity index (χ4v) is 3.93. The first-order valence-electron chi connectivity index (χ1n) is 7.69. The van der Waals surface area contributed by atoms with Crippen LogP contribution in [0.4, 0.5) is 15.9 Å². The van der Waals surface area contributed by atoms with Crippen molar-refractivity contribution in [3.05, 3.63) is 64.8 Å². The first-order valence-corrected chi connectivity index (χ1v) is 8.50. The molecule has 0 saturated heterocycles. The normalized spacial score (nSPS) is 11.1. The van der Waals surface area contributed by atoms with Crippen LogP contribution in [0.25, 0.3) is 21.0 Å². The monoisotopic (exact) mass is 351 g/mol. The second-order valence-corrected chi connectivity index (χ2v) is 6.99. The number of primary amides is 1. The summed E-state index contributed by atoms with van der Waals surface area (Å²) >= 11 is 1.61. The number of anilines is 2. The van der Waals surface area contributed by atoms with Gasteiger partial charge in [0.2, 0.25) is 0 Å². The Morgan fingerprint density at radius 1 is 1.16 bits per heavy atom. The number of thiophene rings is 1. The molecule has 0 unspecified atom stereocenters. The van der Waals surface area contributed by atoms with Gasteiger partial charge in [0.25, 0.3) is 5.91 Å². The zero-order valence-corrected chi connectivity index (χ0v) is 14.2. The zero-order valence-electron chi connectivity index (χ0n) is 13.3. The smallest absolute Gasteiger partial charge is 0.250 e. The van der Waals surface area contributed by atoms with E-state index >= 15 is 0 Å². The van der Waals surface area contributed by atoms with Crippen LogP contribution in [-0.4, -0.2) is 10.9 Å². The molecule has 0 fully saturated rings. The van der Waals surface area contributed by atoms with Crippen molar-refractivity contribution in [2.24, 2.45) is 5.73 Å². The molecule has 0 aliphatic heterocycles. The minimum atomic E-state index is -0.539. The number of aromatic nitrogens is 1. The number of nitrogens with one attached hydrogen (secondary N) is 1. The summed E-state index contributed by atoms with van der Waals surface area (Å²) < 4.78 is 15.0. The number of hydrogen-bond acceptors (Lipinski definition) is 4. The number of nitrogens with zero attached hydrogens (tertiary/aromatic N) is 1. The van der Waals surface area contributed by atoms with E-state index in [4.69, 9.17) is 5.73 Å². The van der Waals surface area contributed by atoms with Crippen molar-refractivity contribution < 1.29 is 9.18 Å². The molecule has 2 heterocycles. The lowest BCUT2D eigenvalue weighted by atomic mass is 10.1. The molecule has 25 heavy (non-hydrogen) atoms. The molecule has 0 bridgehead atoms. The van der Waals surface area contributed by atoms with Crippen LogP contribution in [0.1, 0.15) is 15.2 Å². The van der Waals surface area contributed by atoms with Gasteiger partial charge in [0.15, 0.2) is 0 Å². The van der Waals surface area contributed by atoms with Gasteiger partial charge in [-0.3, -0.25) is 4.79 Å². The highest BCUT2D eigenvalue weighted by Crippen LogP contribution is 2.37. The highest BCUT2D eigenvalue weighted by molar-refractivity contribution is 7.20. The van der Waals surface area contributed by atoms with E-state index in [1.165, 1.54) is 6.07 Å². The quantitative estimate of drug-likeness (QED) is 0.560. The number of aryl methyl sites for hydroxylation is 1. The van der Waals surface area contributed by atoms with Gasteiger partial charge in [-0.05, 0) is 31.2 Å². The molecule has 4 nitrogen and oxygen atoms in total. The molecule has 0 aliphatic carbocycles. The third-order valence-corrected chi connectivity index (χ3v) is 5.09. The van der Waals surface area contributed by atoms with Gasteiger partial charge in [-0.15, -0.1) is 11.3 Å². The molecule has 0 aliphatic rings. The van der Waals surface area contributed by atoms with Gasteiger partial charge in [0, 0.05) is 20.3 Å². The zero-order chi connectivity index (χ0) is 17.6. The molecule has 124 valence electrons. The van der Waals surface area contributed by atoms with Gasteiger partial charge in [-0.1, -0.05) is 24.3 Å². The minimum absolute atomic E-state index is 0.330. The lowest BCUT2D eigenvalue weighted by Gasteiger charge is -2.11. The van der Waals surface area contributed by atoms with E-state index in [9.17, 15) is 9.18 Å². The molecule has 0 atom stereocenters. The lowest BCUT2D eigenvalue weighted by molar-refractivity contribution is 0.100. The molecular weight excluding hydrogens is 337 g/mol. The van der Waals surface area contributed by atoms with Crippen LogP contribution in [0.3, 0.4) is 0 Å². The summed E-state index contributed by atoms with van der Waals surface area (Å²) in [4.78, 5) is 17.5. The maximum Gasteiger partial charge on any atom is 0.250 e. The Labute approximate surface area is 147 Å². The molecule has 2 aromatic heterocycles. The second kappa shape index (κ2) is 5.82. The second-order valence-electron chi connectivity index (χ2n) is 5.73. The summed E-state index contributed by atoms with van der Waals surface area (Å²) in [5, 5.41) is 4.81. The Hall–Kier alpha value is -2.99. The lowest BCUT2D eigenvalue weighted by Crippen LogP contribution is -2.12. The molecule has 4 aromatic rings. The molecule has 3 N–H and O–H groups in total. The molecule has 4 rings (SSSR count). The van der Waals surface area contributed by atoms with Gasteiger partial charge in [-0.25, -0.2) is 9.37 Å². The van der Waals surface area contributed by atoms with Crippen molar-refractivity contribution in [2.75, 3.05) is 5.32 Å². The number of carbonyl (C=O) groups excluding carboxylic acids is 1. The summed E-state index contributed by atoms with van der Waals surface area (Å²) in [5.41, 5.74) is 6.70. The van der Waals surface area contributed by atoms with E-state index in [2.05, 4.69) is 10.3 Å². The van der Waals surface area contributed by atoms with E-state index in [-0.39, 0.29) is 5.82 Å². The van der Waals surface area contributed by atoms with E-state index in [0.717, 1.165) is 20.3 Å². The predicted molar refractivity (Wildman–Crippen MR) is 100 cm³/mol. The van der Waals surface area contributed by atoms with E-state index in [1.807, 2.05) is 19.1 Å². The number of pyridine rings is 1. The predicted octanol–water partition coefficient (Wildman–Crippen LogP) is 4.74. The Morgan fingerprint density at radius 2 is 1.96 bits per heavy atom. The summed E-state index contributed by atoms with van der Waals surface area (Å²) in [5.74, 6) is -0.402. The maximum absolute atomic E-state index is 14.0. The molecule has 0 radical (unpaired) electrons. The standard InChI is InChI=1S/C19H14FN3OS/c1-10-9-13-17(25-10)11-5-4-6-12(18(21)24)16(11)23-19(13)22-15-8-3-2-7-14(15)20/h2-9H,1H3,(H2,21,24)(H,22,23). The molecule has 0 spiro atoms. The Bertz CT molecular complexity index is 1140. The molecule has 2 aromatic carbocycles. The van der Waals surface area contributed by atoms with Crippen molar-refractivity contribution in [1.29, 1.82) is 0 Å². The summed E-state index contributed by atoms with van der Waals surface area (Å²) in [6.07, 6.45) is 0. The average molecular weight is 351 g/mol. The van der Waals surface area contributed by atoms with Crippen molar-refractivity contribution >= 4 is 49.7 Å². The highest BCUT2D eigenvalue weighted by atomic mass is 32.1. The van der Waals surface area contributed by atoms with Crippen LogP contribution in [-0.2, 0) is 0 Å². The number of halogens is 1. The van der Waals surface area contributed by atoms with Gasteiger partial charge in [0.1, 0.15) is 11.6 Å². The van der Waals surface area contributed by atoms with E-state index < -0.39 is 5.91 Å². The van der Waals surface area contributed by atoms with Crippen molar-refractivity contribution in [3.8, 4) is 0 Å². The number of para-hydroxylation sites is 2. The van der Waals surface area contributed by atoms with E-state index in [0.29, 0.717) is 22.6 Å². The van der Waals surface area contributed by atoms with Crippen LogP contribution >= 0.6 is 11.3 Å². The largest absolute Gasteiger partial charge is 0.366 e. The van der Waals surface area contributed by atoms with Crippen LogP contribution in [0.15, 0.2) is 48.5 Å². The summed E-state index contributed by atoms with van der Waals surface area (Å²) in [7, 11) is 0. The van der Waals surface area contributed by atoms with Crippen molar-refractivity contribution in [1.82, 2.24) is 4.98 Å². The first kappa shape index (κ1) is 15.5. The van der Waals surface area contributed by atoms with Crippen LogP contribution < -0.4 is 11.1 Å². The number of nitrogens with two attached hydrogens (primary N) is 1. The number of carbonyl (C=O) groups is 1. The number of fused-ring (bicyclic) bond motifs is 3. The highest BCUT2D eigenvalue weighted by Gasteiger charge is 2.16. The van der Waals surface area contributed by atoms with Crippen molar-refractivity contribution in [3.63, 3.8) is 0 Å². The Morgan fingerprint density at radius 3 is 2.72 bits per heavy atom. The first-order chi connectivity index (χ1) is 12.0. The SMILES string of the molecule is Cc1cc2c(Nc3ccccc3F)nc3c(C(N)=O)cccc3c2s1. The molecule has 6 heteroatoms. The maximum atomic E-state index is 14.0. The summed E-state index contributed by atoms with van der Waals surface area (Å²) in [6, 6.07) is 13.8. The van der Waals surface area contributed by atoms with Gasteiger partial charge < -0.3 is 11.1 Å². The Balaban J connectivity index is 2.03. The van der Waals surface area contributed by atoms with Crippen LogP contribution in [0.5, 0.6) is 0 Å². The van der Waals surface area contributed by atoms with Crippen LogP contribution in [0.2, 0.25) is 0 Å². The number of amides is 1. The third kappa shape index (κ3) is 2.60. The van der Waals surface area contributed by atoms with E-state index in [1.54, 1.807) is 41.7 Å².